The highest BCUT2D eigenvalue weighted by molar-refractivity contribution is 7.17. The highest BCUT2D eigenvalue weighted by Crippen LogP contribution is 2.36. The van der Waals surface area contributed by atoms with Gasteiger partial charge in [0.15, 0.2) is 5.69 Å². The average Bonchev–Trinajstić information content (AvgIpc) is 3.20. The first-order valence-corrected chi connectivity index (χ1v) is 10.6. The number of cyclic esters (lactones) is 1. The van der Waals surface area contributed by atoms with Crippen LogP contribution in [0.4, 0.5) is 18.0 Å². The molecule has 1 fully saturated rings. The number of carbonyl (C=O) groups excluding carboxylic acids is 1. The van der Waals surface area contributed by atoms with Crippen LogP contribution in [0.3, 0.4) is 0 Å². The molecule has 1 saturated heterocycles. The molecule has 1 amide bonds. The first-order valence-electron chi connectivity index (χ1n) is 9.83. The zero-order valence-corrected chi connectivity index (χ0v) is 18.8. The van der Waals surface area contributed by atoms with Crippen LogP contribution < -0.4 is 0 Å². The normalized spacial score (nSPS) is 18.3. The third kappa shape index (κ3) is 4.85. The van der Waals surface area contributed by atoms with E-state index in [1.165, 1.54) is 9.42 Å². The number of rotatable bonds is 7. The van der Waals surface area contributed by atoms with Crippen molar-refractivity contribution in [1.82, 2.24) is 19.5 Å². The smallest absolute Gasteiger partial charge is 0.435 e. The lowest BCUT2D eigenvalue weighted by Crippen LogP contribution is -2.45. The zero-order chi connectivity index (χ0) is 22.5. The topological polar surface area (TPSA) is 69.0 Å². The van der Waals surface area contributed by atoms with Crippen molar-refractivity contribution in [3.05, 3.63) is 16.4 Å². The number of hydrogen-bond acceptors (Lipinski definition) is 6. The first kappa shape index (κ1) is 23.1. The largest absolute Gasteiger partial charge is 0.444 e. The van der Waals surface area contributed by atoms with Crippen molar-refractivity contribution in [2.45, 2.75) is 49.3 Å². The van der Waals surface area contributed by atoms with Gasteiger partial charge in [-0.25, -0.2) is 14.3 Å². The van der Waals surface area contributed by atoms with Gasteiger partial charge in [-0.1, -0.05) is 24.7 Å². The Balaban J connectivity index is 1.99. The molecule has 1 aliphatic rings. The molecule has 0 aromatic carbocycles. The maximum atomic E-state index is 13.6. The molecule has 16 heteroatoms. The molecule has 0 aliphatic carbocycles. The fraction of sp³-hybridized carbons (Fsp3) is 0.643. The number of carbonyl (C=O) groups is 1. The molecule has 0 radical (unpaired) electrons. The van der Waals surface area contributed by atoms with Crippen molar-refractivity contribution >= 4 is 61.6 Å². The molecule has 3 rings (SSSR count). The Hall–Kier alpha value is -1.56. The summed E-state index contributed by atoms with van der Waals surface area (Å²) >= 11 is 1.04. The Morgan fingerprint density at radius 1 is 1.27 bits per heavy atom. The summed E-state index contributed by atoms with van der Waals surface area (Å²) < 4.78 is 53.4. The molecule has 0 N–H and O–H groups in total. The van der Waals surface area contributed by atoms with Crippen molar-refractivity contribution in [2.75, 3.05) is 6.54 Å². The number of fused-ring (bicyclic) bond motifs is 1. The van der Waals surface area contributed by atoms with Gasteiger partial charge < -0.3 is 9.47 Å². The van der Waals surface area contributed by atoms with Crippen molar-refractivity contribution in [3.63, 3.8) is 0 Å². The molecular formula is C14H22B5F3N4O3S. The summed E-state index contributed by atoms with van der Waals surface area (Å²) in [5.74, 6) is 0. The Kier molecular flexibility index (Phi) is 6.05. The fourth-order valence-corrected chi connectivity index (χ4v) is 4.53. The van der Waals surface area contributed by atoms with Gasteiger partial charge >= 0.3 is 12.3 Å². The fourth-order valence-electron chi connectivity index (χ4n) is 3.57. The molecule has 158 valence electrons. The Labute approximate surface area is 181 Å². The molecule has 0 saturated carbocycles. The van der Waals surface area contributed by atoms with E-state index in [1.807, 2.05) is 46.2 Å². The number of ether oxygens (including phenoxy) is 2. The summed E-state index contributed by atoms with van der Waals surface area (Å²) in [6.07, 6.45) is -4.12. The van der Waals surface area contributed by atoms with Crippen LogP contribution in [0.1, 0.15) is 36.2 Å². The van der Waals surface area contributed by atoms with E-state index >= 15 is 0 Å². The third-order valence-corrected chi connectivity index (χ3v) is 5.76. The molecule has 2 aromatic rings. The predicted octanol–water partition coefficient (Wildman–Crippen LogP) is -2.17. The number of hydrogen-bond donors (Lipinski definition) is 0. The lowest BCUT2D eigenvalue weighted by Gasteiger charge is -2.33. The van der Waals surface area contributed by atoms with Gasteiger partial charge in [0, 0.05) is 0 Å². The van der Waals surface area contributed by atoms with E-state index in [2.05, 4.69) is 10.1 Å². The van der Waals surface area contributed by atoms with Crippen molar-refractivity contribution in [2.24, 2.45) is 0 Å². The van der Waals surface area contributed by atoms with E-state index in [1.54, 1.807) is 0 Å². The van der Waals surface area contributed by atoms with Gasteiger partial charge in [-0.15, -0.1) is 0 Å². The summed E-state index contributed by atoms with van der Waals surface area (Å²) in [6.45, 7) is 1.92. The molecule has 7 nitrogen and oxygen atoms in total. The second kappa shape index (κ2) is 7.85. The molecule has 3 heterocycles. The average molecular weight is 437 g/mol. The number of aromatic nitrogens is 3. The van der Waals surface area contributed by atoms with Crippen LogP contribution in [-0.2, 0) is 27.6 Å². The summed E-state index contributed by atoms with van der Waals surface area (Å²) in [5.41, 5.74) is -1.21. The number of imidazole rings is 1. The van der Waals surface area contributed by atoms with Gasteiger partial charge in [-0.2, -0.15) is 18.3 Å². The van der Waals surface area contributed by atoms with Gasteiger partial charge in [-0.3, -0.25) is 4.90 Å². The van der Waals surface area contributed by atoms with E-state index < -0.39 is 28.7 Å². The number of alkyl halides is 3. The van der Waals surface area contributed by atoms with Gasteiger partial charge in [0.25, 0.3) is 0 Å². The second-order valence-electron chi connectivity index (χ2n) is 8.91. The van der Waals surface area contributed by atoms with Crippen LogP contribution in [0.5, 0.6) is 0 Å². The standard InChI is InChI=1S/C14H22B5F3N4O3S/c1-2-3-6-4-25(11(27)28-6)5-7-8(13(20,21)22)23-10-26(7)24-9(30-10)12(15,16)29-14(17,18)19/h6H,2-5,15-19H2,1H3. The lowest BCUT2D eigenvalue weighted by atomic mass is 9.51. The van der Waals surface area contributed by atoms with Crippen molar-refractivity contribution in [3.8, 4) is 0 Å². The van der Waals surface area contributed by atoms with Crippen molar-refractivity contribution < 1.29 is 27.4 Å². The quantitative estimate of drug-likeness (QED) is 0.462. The molecule has 0 spiro atoms. The summed E-state index contributed by atoms with van der Waals surface area (Å²) in [7, 11) is 9.31. The van der Waals surface area contributed by atoms with Crippen LogP contribution in [-0.4, -0.2) is 82.8 Å². The highest BCUT2D eigenvalue weighted by atomic mass is 32.1. The Bertz CT molecular complexity index is 946. The zero-order valence-electron chi connectivity index (χ0n) is 18.0. The van der Waals surface area contributed by atoms with Gasteiger partial charge in [0.1, 0.15) is 50.3 Å². The molecular weight excluding hydrogens is 415 g/mol. The summed E-state index contributed by atoms with van der Waals surface area (Å²) in [6, 6.07) is 0. The third-order valence-electron chi connectivity index (χ3n) is 4.54. The first-order chi connectivity index (χ1) is 13.7. The predicted molar refractivity (Wildman–Crippen MR) is 120 cm³/mol. The minimum atomic E-state index is -4.66. The van der Waals surface area contributed by atoms with E-state index in [-0.39, 0.29) is 29.8 Å². The maximum Gasteiger partial charge on any atom is 0.435 e. The van der Waals surface area contributed by atoms with E-state index in [4.69, 9.17) is 9.47 Å². The SMILES string of the molecule is BC(B)(B)OC(B)(B)c1nn2c(CN3CC(CCC)OC3=O)c(C(F)(F)F)nc2s1. The highest BCUT2D eigenvalue weighted by Gasteiger charge is 2.42. The number of nitrogens with zero attached hydrogens (tertiary/aromatic N) is 4. The molecule has 1 atom stereocenters. The summed E-state index contributed by atoms with van der Waals surface area (Å²) in [5, 5.41) is 3.61. The van der Waals surface area contributed by atoms with Gasteiger partial charge in [0.05, 0.1) is 24.2 Å². The minimum Gasteiger partial charge on any atom is -0.444 e. The molecule has 2 aromatic heterocycles. The Morgan fingerprint density at radius 2 is 1.93 bits per heavy atom. The van der Waals surface area contributed by atoms with Crippen LogP contribution in [0, 0.1) is 0 Å². The van der Waals surface area contributed by atoms with Gasteiger partial charge in [-0.05, 0) is 11.7 Å². The van der Waals surface area contributed by atoms with Crippen LogP contribution >= 0.6 is 11.3 Å². The Morgan fingerprint density at radius 3 is 2.50 bits per heavy atom. The van der Waals surface area contributed by atoms with Gasteiger partial charge in [0.2, 0.25) is 4.96 Å². The van der Waals surface area contributed by atoms with E-state index in [9.17, 15) is 18.0 Å². The lowest BCUT2D eigenvalue weighted by molar-refractivity contribution is -0.141. The molecule has 0 bridgehead atoms. The van der Waals surface area contributed by atoms with E-state index in [0.29, 0.717) is 11.4 Å². The summed E-state index contributed by atoms with van der Waals surface area (Å²) in [4.78, 5) is 17.3. The van der Waals surface area contributed by atoms with Crippen LogP contribution in [0.25, 0.3) is 4.96 Å². The van der Waals surface area contributed by atoms with Crippen LogP contribution in [0.15, 0.2) is 0 Å². The maximum absolute atomic E-state index is 13.6. The van der Waals surface area contributed by atoms with Crippen molar-refractivity contribution in [1.29, 1.82) is 0 Å². The number of amides is 1. The molecule has 30 heavy (non-hydrogen) atoms. The van der Waals surface area contributed by atoms with E-state index in [0.717, 1.165) is 17.8 Å². The molecule has 1 unspecified atom stereocenters. The number of halogens is 3. The minimum absolute atomic E-state index is 0.107. The molecule has 1 aliphatic heterocycles. The van der Waals surface area contributed by atoms with Crippen LogP contribution in [0.2, 0.25) is 0 Å². The monoisotopic (exact) mass is 438 g/mol. The second-order valence-corrected chi connectivity index (χ2v) is 9.86.